The first-order valence-corrected chi connectivity index (χ1v) is 15.9. The third-order valence-electron chi connectivity index (χ3n) is 6.59. The van der Waals surface area contributed by atoms with Gasteiger partial charge in [0.25, 0.3) is 0 Å². The Labute approximate surface area is 247 Å². The summed E-state index contributed by atoms with van der Waals surface area (Å²) in [7, 11) is -3.31. The fraction of sp³-hybridized carbons (Fsp3) is 0.429. The van der Waals surface area contributed by atoms with E-state index in [0.29, 0.717) is 11.4 Å². The average molecular weight is 608 g/mol. The molecule has 1 aliphatic heterocycles. The molecule has 1 aliphatic rings. The number of hydrogen-bond acceptors (Lipinski definition) is 7. The first kappa shape index (κ1) is 31.7. The number of ether oxygens (including phenoxy) is 1. The molecule has 2 amide bonds. The maximum Gasteiger partial charge on any atom is 0.322 e. The number of nitrogens with one attached hydrogen (secondary N) is 2. The van der Waals surface area contributed by atoms with E-state index in [4.69, 9.17) is 4.74 Å². The minimum Gasteiger partial charge on any atom is -0.457 e. The summed E-state index contributed by atoms with van der Waals surface area (Å²) in [5.41, 5.74) is 2.61. The number of likely N-dealkylation sites (tertiary alicyclic amines) is 1. The lowest BCUT2D eigenvalue weighted by Crippen LogP contribution is -2.49. The van der Waals surface area contributed by atoms with Crippen molar-refractivity contribution in [2.75, 3.05) is 35.9 Å². The fourth-order valence-electron chi connectivity index (χ4n) is 4.63. The first-order chi connectivity index (χ1) is 18.7. The molecule has 2 N–H and O–H groups in total. The molecular formula is C28H38ClN5O4S2. The lowest BCUT2D eigenvalue weighted by atomic mass is 10.0. The molecule has 4 rings (SSSR count). The Morgan fingerprint density at radius 1 is 1.10 bits per heavy atom. The molecule has 2 heterocycles. The van der Waals surface area contributed by atoms with Crippen molar-refractivity contribution in [2.24, 2.45) is 0 Å². The van der Waals surface area contributed by atoms with Crippen molar-refractivity contribution in [3.8, 4) is 11.5 Å². The number of aromatic nitrogens is 1. The molecule has 1 aromatic heterocycles. The topological polar surface area (TPSA) is 104 Å². The maximum atomic E-state index is 13.1. The minimum absolute atomic E-state index is 0. The molecule has 0 aliphatic carbocycles. The normalized spacial score (nSPS) is 14.3. The summed E-state index contributed by atoms with van der Waals surface area (Å²) in [4.78, 5) is 17.5. The van der Waals surface area contributed by atoms with Gasteiger partial charge in [0.05, 0.1) is 11.9 Å². The van der Waals surface area contributed by atoms with Crippen LogP contribution in [0.25, 0.3) is 0 Å². The number of urea groups is 1. The molecule has 218 valence electrons. The van der Waals surface area contributed by atoms with E-state index in [0.717, 1.165) is 74.6 Å². The summed E-state index contributed by atoms with van der Waals surface area (Å²) in [6.45, 7) is 7.57. The Kier molecular flexibility index (Phi) is 11.6. The molecule has 40 heavy (non-hydrogen) atoms. The van der Waals surface area contributed by atoms with E-state index < -0.39 is 10.0 Å². The van der Waals surface area contributed by atoms with E-state index in [1.54, 1.807) is 24.3 Å². The molecule has 0 atom stereocenters. The fourth-order valence-corrected chi connectivity index (χ4v) is 5.84. The molecule has 3 aromatic rings. The largest absolute Gasteiger partial charge is 0.457 e. The van der Waals surface area contributed by atoms with Gasteiger partial charge in [-0.25, -0.2) is 13.2 Å². The van der Waals surface area contributed by atoms with Crippen molar-refractivity contribution < 1.29 is 17.9 Å². The highest BCUT2D eigenvalue weighted by atomic mass is 35.5. The van der Waals surface area contributed by atoms with E-state index in [2.05, 4.69) is 38.4 Å². The molecule has 1 fully saturated rings. The summed E-state index contributed by atoms with van der Waals surface area (Å²) in [5.74, 6) is 1.35. The van der Waals surface area contributed by atoms with Gasteiger partial charge in [0.2, 0.25) is 10.0 Å². The second-order valence-electron chi connectivity index (χ2n) is 9.96. The predicted molar refractivity (Wildman–Crippen MR) is 164 cm³/mol. The van der Waals surface area contributed by atoms with Gasteiger partial charge in [-0.1, -0.05) is 25.5 Å². The van der Waals surface area contributed by atoms with Gasteiger partial charge in [-0.05, 0) is 85.7 Å². The number of nitrogens with zero attached hydrogens (tertiary/aromatic N) is 3. The molecule has 2 aromatic carbocycles. The molecule has 0 unspecified atom stereocenters. The van der Waals surface area contributed by atoms with Crippen LogP contribution < -0.4 is 14.8 Å². The lowest BCUT2D eigenvalue weighted by Gasteiger charge is -2.38. The van der Waals surface area contributed by atoms with Crippen LogP contribution in [0.4, 0.5) is 15.5 Å². The quantitative estimate of drug-likeness (QED) is 0.264. The highest BCUT2D eigenvalue weighted by molar-refractivity contribution is 7.92. The van der Waals surface area contributed by atoms with Crippen LogP contribution in [-0.4, -0.2) is 60.6 Å². The molecule has 0 spiro atoms. The number of amides is 2. The van der Waals surface area contributed by atoms with Gasteiger partial charge >= 0.3 is 6.03 Å². The number of sulfonamides is 1. The van der Waals surface area contributed by atoms with E-state index in [1.807, 2.05) is 30.0 Å². The number of aryl methyl sites for hydroxylation is 1. The minimum atomic E-state index is -3.31. The molecule has 0 bridgehead atoms. The van der Waals surface area contributed by atoms with E-state index in [-0.39, 0.29) is 24.5 Å². The highest BCUT2D eigenvalue weighted by Crippen LogP contribution is 2.25. The van der Waals surface area contributed by atoms with Crippen LogP contribution in [0.2, 0.25) is 0 Å². The molecule has 0 radical (unpaired) electrons. The number of carbonyl (C=O) groups excluding carboxylic acids is 1. The zero-order valence-corrected chi connectivity index (χ0v) is 25.6. The van der Waals surface area contributed by atoms with Gasteiger partial charge in [-0.15, -0.1) is 12.4 Å². The number of hydrogen-bond donors (Lipinski definition) is 2. The van der Waals surface area contributed by atoms with Crippen LogP contribution in [0, 0.1) is 6.92 Å². The van der Waals surface area contributed by atoms with Gasteiger partial charge in [-0.3, -0.25) is 14.9 Å². The Morgan fingerprint density at radius 2 is 1.73 bits per heavy atom. The third kappa shape index (κ3) is 9.65. The number of anilines is 2. The van der Waals surface area contributed by atoms with Crippen molar-refractivity contribution in [3.05, 3.63) is 65.9 Å². The SMILES string of the molecule is CCCCN(C(=O)Nc1cc(C)ns1)C1CCN(Cc2ccc(Oc3ccc(NS(C)(=O)=O)cc3)cc2)CC1.Cl. The second-order valence-corrected chi connectivity index (χ2v) is 12.5. The number of rotatable bonds is 11. The molecular weight excluding hydrogens is 570 g/mol. The summed E-state index contributed by atoms with van der Waals surface area (Å²) in [5, 5.41) is 3.84. The van der Waals surface area contributed by atoms with Gasteiger partial charge in [0.15, 0.2) is 0 Å². The number of halogens is 1. The van der Waals surface area contributed by atoms with Crippen LogP contribution >= 0.6 is 23.9 Å². The third-order valence-corrected chi connectivity index (χ3v) is 7.99. The summed E-state index contributed by atoms with van der Waals surface area (Å²) in [6.07, 6.45) is 5.06. The van der Waals surface area contributed by atoms with Crippen LogP contribution in [0.15, 0.2) is 54.6 Å². The van der Waals surface area contributed by atoms with Crippen LogP contribution in [0.3, 0.4) is 0 Å². The predicted octanol–water partition coefficient (Wildman–Crippen LogP) is 6.34. The van der Waals surface area contributed by atoms with Crippen molar-refractivity contribution in [1.29, 1.82) is 0 Å². The van der Waals surface area contributed by atoms with E-state index in [1.165, 1.54) is 17.1 Å². The number of benzene rings is 2. The first-order valence-electron chi connectivity index (χ1n) is 13.3. The Hall–Kier alpha value is -2.86. The van der Waals surface area contributed by atoms with Gasteiger partial charge in [0.1, 0.15) is 16.5 Å². The van der Waals surface area contributed by atoms with Crippen molar-refractivity contribution in [3.63, 3.8) is 0 Å². The molecule has 0 saturated carbocycles. The number of piperidine rings is 1. The van der Waals surface area contributed by atoms with Crippen molar-refractivity contribution in [1.82, 2.24) is 14.2 Å². The number of unbranched alkanes of at least 4 members (excludes halogenated alkanes) is 1. The van der Waals surface area contributed by atoms with E-state index in [9.17, 15) is 13.2 Å². The van der Waals surface area contributed by atoms with Gasteiger partial charge in [-0.2, -0.15) is 4.37 Å². The van der Waals surface area contributed by atoms with Crippen LogP contribution in [-0.2, 0) is 16.6 Å². The van der Waals surface area contributed by atoms with Crippen molar-refractivity contribution >= 4 is 50.7 Å². The summed E-state index contributed by atoms with van der Waals surface area (Å²) < 4.78 is 35.3. The average Bonchev–Trinajstić information content (AvgIpc) is 3.31. The zero-order valence-electron chi connectivity index (χ0n) is 23.1. The Bertz CT molecular complexity index is 1330. The monoisotopic (exact) mass is 607 g/mol. The maximum absolute atomic E-state index is 13.1. The van der Waals surface area contributed by atoms with Gasteiger partial charge < -0.3 is 9.64 Å². The van der Waals surface area contributed by atoms with Crippen LogP contribution in [0.5, 0.6) is 11.5 Å². The van der Waals surface area contributed by atoms with Crippen LogP contribution in [0.1, 0.15) is 43.9 Å². The smallest absolute Gasteiger partial charge is 0.322 e. The Balaban J connectivity index is 0.00000441. The molecule has 1 saturated heterocycles. The highest BCUT2D eigenvalue weighted by Gasteiger charge is 2.28. The summed E-state index contributed by atoms with van der Waals surface area (Å²) >= 11 is 1.32. The lowest BCUT2D eigenvalue weighted by molar-refractivity contribution is 0.122. The summed E-state index contributed by atoms with van der Waals surface area (Å²) in [6, 6.07) is 16.9. The molecule has 12 heteroatoms. The second kappa shape index (κ2) is 14.7. The van der Waals surface area contributed by atoms with Crippen molar-refractivity contribution in [2.45, 2.75) is 52.1 Å². The molecule has 9 nitrogen and oxygen atoms in total. The zero-order chi connectivity index (χ0) is 27.8. The van der Waals surface area contributed by atoms with Gasteiger partial charge in [0, 0.05) is 37.9 Å². The Morgan fingerprint density at radius 3 is 2.27 bits per heavy atom. The van der Waals surface area contributed by atoms with E-state index >= 15 is 0 Å². The number of carbonyl (C=O) groups is 1. The standard InChI is InChI=1S/C28H37N5O4S2.ClH/c1-4-5-16-33(28(34)29-27-19-21(2)30-38-27)24-14-17-32(18-15-24)20-22-6-10-25(11-7-22)37-26-12-8-23(9-13-26)31-39(3,35)36;/h6-13,19,24,31H,4-5,14-18,20H2,1-3H3,(H,29,34);1H.